The number of fused-ring (bicyclic) bond motifs is 2. The standard InChI is InChI=1S/C19H27N3O3/c1-12(16-10-13-6-7-14(16)9-13)21-17(23)11-25-19(24)15-5-4-8-20-18(15)22(2)3/h4-5,8,12-14,16H,6-7,9-11H2,1-3H3,(H,21,23)/t12-,13+,14+,16+/m1/s1. The highest BCUT2D eigenvalue weighted by molar-refractivity contribution is 5.95. The Bertz CT molecular complexity index is 647. The summed E-state index contributed by atoms with van der Waals surface area (Å²) in [4.78, 5) is 30.3. The van der Waals surface area contributed by atoms with Crippen molar-refractivity contribution in [1.29, 1.82) is 0 Å². The Morgan fingerprint density at radius 2 is 2.16 bits per heavy atom. The molecule has 2 bridgehead atoms. The third-order valence-electron chi connectivity index (χ3n) is 5.59. The molecule has 1 amide bonds. The first-order chi connectivity index (χ1) is 12.0. The molecule has 25 heavy (non-hydrogen) atoms. The average Bonchev–Trinajstić information content (AvgIpc) is 3.23. The summed E-state index contributed by atoms with van der Waals surface area (Å²) in [6.45, 7) is 1.81. The van der Waals surface area contributed by atoms with Crippen LogP contribution in [0.25, 0.3) is 0 Å². The van der Waals surface area contributed by atoms with E-state index < -0.39 is 5.97 Å². The third-order valence-corrected chi connectivity index (χ3v) is 5.59. The molecule has 2 aliphatic rings. The van der Waals surface area contributed by atoms with Crippen LogP contribution in [0, 0.1) is 17.8 Å². The van der Waals surface area contributed by atoms with Gasteiger partial charge in [0, 0.05) is 26.3 Å². The van der Waals surface area contributed by atoms with E-state index >= 15 is 0 Å². The van der Waals surface area contributed by atoms with Crippen molar-refractivity contribution in [2.45, 2.75) is 38.6 Å². The van der Waals surface area contributed by atoms with Gasteiger partial charge in [-0.15, -0.1) is 0 Å². The number of carbonyl (C=O) groups is 2. The molecule has 1 heterocycles. The molecule has 2 saturated carbocycles. The van der Waals surface area contributed by atoms with E-state index in [4.69, 9.17) is 4.74 Å². The van der Waals surface area contributed by atoms with Gasteiger partial charge in [-0.25, -0.2) is 9.78 Å². The fourth-order valence-corrected chi connectivity index (χ4v) is 4.43. The molecular weight excluding hydrogens is 318 g/mol. The van der Waals surface area contributed by atoms with Crippen LogP contribution < -0.4 is 10.2 Å². The molecule has 4 atom stereocenters. The highest BCUT2D eigenvalue weighted by Gasteiger charge is 2.42. The van der Waals surface area contributed by atoms with Gasteiger partial charge in [0.15, 0.2) is 6.61 Å². The number of amides is 1. The molecule has 0 aromatic carbocycles. The van der Waals surface area contributed by atoms with Crippen molar-refractivity contribution in [3.63, 3.8) is 0 Å². The molecule has 0 spiro atoms. The van der Waals surface area contributed by atoms with Crippen LogP contribution in [0.5, 0.6) is 0 Å². The van der Waals surface area contributed by atoms with Crippen molar-refractivity contribution in [3.05, 3.63) is 23.9 Å². The number of anilines is 1. The lowest BCUT2D eigenvalue weighted by molar-refractivity contribution is -0.125. The first-order valence-corrected chi connectivity index (χ1v) is 9.04. The summed E-state index contributed by atoms with van der Waals surface area (Å²) in [7, 11) is 3.62. The molecule has 1 aromatic heterocycles. The van der Waals surface area contributed by atoms with Gasteiger partial charge in [-0.05, 0) is 56.1 Å². The number of esters is 1. The largest absolute Gasteiger partial charge is 0.452 e. The second-order valence-corrected chi connectivity index (χ2v) is 7.54. The Morgan fingerprint density at radius 3 is 2.80 bits per heavy atom. The van der Waals surface area contributed by atoms with Crippen LogP contribution in [0.1, 0.15) is 43.0 Å². The molecule has 0 saturated heterocycles. The van der Waals surface area contributed by atoms with Gasteiger partial charge in [0.05, 0.1) is 0 Å². The van der Waals surface area contributed by atoms with E-state index in [1.807, 2.05) is 14.1 Å². The smallest absolute Gasteiger partial charge is 0.342 e. The van der Waals surface area contributed by atoms with Gasteiger partial charge >= 0.3 is 5.97 Å². The van der Waals surface area contributed by atoms with E-state index in [-0.39, 0.29) is 18.6 Å². The Hall–Kier alpha value is -2.11. The van der Waals surface area contributed by atoms with E-state index in [0.717, 1.165) is 11.8 Å². The number of rotatable bonds is 6. The summed E-state index contributed by atoms with van der Waals surface area (Å²) in [5.41, 5.74) is 0.362. The van der Waals surface area contributed by atoms with Crippen LogP contribution in [0.2, 0.25) is 0 Å². The monoisotopic (exact) mass is 345 g/mol. The van der Waals surface area contributed by atoms with Crippen LogP contribution >= 0.6 is 0 Å². The first-order valence-electron chi connectivity index (χ1n) is 9.04. The molecule has 0 radical (unpaired) electrons. The number of nitrogens with zero attached hydrogens (tertiary/aromatic N) is 2. The summed E-state index contributed by atoms with van der Waals surface area (Å²) in [5.74, 6) is 1.93. The van der Waals surface area contributed by atoms with Gasteiger partial charge in [0.1, 0.15) is 11.4 Å². The zero-order valence-corrected chi connectivity index (χ0v) is 15.2. The van der Waals surface area contributed by atoms with Crippen molar-refractivity contribution in [1.82, 2.24) is 10.3 Å². The number of hydrogen-bond acceptors (Lipinski definition) is 5. The molecule has 136 valence electrons. The minimum absolute atomic E-state index is 0.136. The van der Waals surface area contributed by atoms with Gasteiger partial charge < -0.3 is 15.0 Å². The lowest BCUT2D eigenvalue weighted by Crippen LogP contribution is -2.42. The van der Waals surface area contributed by atoms with E-state index in [2.05, 4.69) is 17.2 Å². The van der Waals surface area contributed by atoms with Crippen LogP contribution in [-0.2, 0) is 9.53 Å². The SMILES string of the molecule is C[C@@H](NC(=O)COC(=O)c1cccnc1N(C)C)[C@@H]1C[C@H]2CC[C@H]1C2. The molecule has 1 N–H and O–H groups in total. The molecule has 2 aliphatic carbocycles. The van der Waals surface area contributed by atoms with Crippen molar-refractivity contribution in [2.24, 2.45) is 17.8 Å². The summed E-state index contributed by atoms with van der Waals surface area (Å²) in [6.07, 6.45) is 6.79. The van der Waals surface area contributed by atoms with Crippen molar-refractivity contribution in [3.8, 4) is 0 Å². The van der Waals surface area contributed by atoms with Crippen LogP contribution in [-0.4, -0.2) is 43.6 Å². The highest BCUT2D eigenvalue weighted by Crippen LogP contribution is 2.49. The molecule has 6 heteroatoms. The predicted octanol–water partition coefficient (Wildman–Crippen LogP) is 2.25. The van der Waals surface area contributed by atoms with Crippen LogP contribution in [0.3, 0.4) is 0 Å². The van der Waals surface area contributed by atoms with E-state index in [1.165, 1.54) is 25.7 Å². The van der Waals surface area contributed by atoms with Gasteiger partial charge in [-0.3, -0.25) is 4.79 Å². The topological polar surface area (TPSA) is 71.5 Å². The predicted molar refractivity (Wildman–Crippen MR) is 95.4 cm³/mol. The van der Waals surface area contributed by atoms with Crippen LogP contribution in [0.15, 0.2) is 18.3 Å². The molecule has 0 unspecified atom stereocenters. The fourth-order valence-electron chi connectivity index (χ4n) is 4.43. The Kier molecular flexibility index (Phi) is 5.25. The Labute approximate surface area is 148 Å². The summed E-state index contributed by atoms with van der Waals surface area (Å²) in [5, 5.41) is 3.01. The summed E-state index contributed by atoms with van der Waals surface area (Å²) in [6, 6.07) is 3.47. The summed E-state index contributed by atoms with van der Waals surface area (Å²) < 4.78 is 5.19. The Morgan fingerprint density at radius 1 is 1.36 bits per heavy atom. The maximum absolute atomic E-state index is 12.3. The number of hydrogen-bond donors (Lipinski definition) is 1. The van der Waals surface area contributed by atoms with Crippen molar-refractivity contribution >= 4 is 17.7 Å². The average molecular weight is 345 g/mol. The molecule has 3 rings (SSSR count). The molecule has 1 aromatic rings. The van der Waals surface area contributed by atoms with Crippen LogP contribution in [0.4, 0.5) is 5.82 Å². The second-order valence-electron chi connectivity index (χ2n) is 7.54. The summed E-state index contributed by atoms with van der Waals surface area (Å²) >= 11 is 0. The molecule has 0 aliphatic heterocycles. The minimum Gasteiger partial charge on any atom is -0.452 e. The van der Waals surface area contributed by atoms with Gasteiger partial charge in [-0.2, -0.15) is 0 Å². The van der Waals surface area contributed by atoms with E-state index in [1.54, 1.807) is 23.2 Å². The van der Waals surface area contributed by atoms with E-state index in [0.29, 0.717) is 17.3 Å². The number of carbonyl (C=O) groups excluding carboxylic acids is 2. The zero-order chi connectivity index (χ0) is 18.0. The van der Waals surface area contributed by atoms with E-state index in [9.17, 15) is 9.59 Å². The van der Waals surface area contributed by atoms with Gasteiger partial charge in [0.25, 0.3) is 5.91 Å². The fraction of sp³-hybridized carbons (Fsp3) is 0.632. The van der Waals surface area contributed by atoms with Crippen molar-refractivity contribution in [2.75, 3.05) is 25.6 Å². The quantitative estimate of drug-likeness (QED) is 0.801. The maximum Gasteiger partial charge on any atom is 0.342 e. The number of nitrogens with one attached hydrogen (secondary N) is 1. The normalized spacial score (nSPS) is 25.5. The number of ether oxygens (including phenoxy) is 1. The molecule has 2 fully saturated rings. The lowest BCUT2D eigenvalue weighted by Gasteiger charge is -2.28. The Balaban J connectivity index is 1.50. The van der Waals surface area contributed by atoms with Gasteiger partial charge in [-0.1, -0.05) is 6.42 Å². The second kappa shape index (κ2) is 7.42. The number of pyridine rings is 1. The highest BCUT2D eigenvalue weighted by atomic mass is 16.5. The van der Waals surface area contributed by atoms with Crippen molar-refractivity contribution < 1.29 is 14.3 Å². The van der Waals surface area contributed by atoms with Gasteiger partial charge in [0.2, 0.25) is 0 Å². The molecular formula is C19H27N3O3. The number of aromatic nitrogens is 1. The molecule has 6 nitrogen and oxygen atoms in total. The first kappa shape index (κ1) is 17.7. The third kappa shape index (κ3) is 3.94. The maximum atomic E-state index is 12.3. The lowest BCUT2D eigenvalue weighted by atomic mass is 9.84. The minimum atomic E-state index is -0.528. The zero-order valence-electron chi connectivity index (χ0n) is 15.2.